The van der Waals surface area contributed by atoms with Crippen LogP contribution in [0.15, 0.2) is 89.9 Å². The number of nitrogens with one attached hydrogen (secondary N) is 2. The highest BCUT2D eigenvalue weighted by Crippen LogP contribution is 2.39. The van der Waals surface area contributed by atoms with E-state index in [-0.39, 0.29) is 36.3 Å². The van der Waals surface area contributed by atoms with Gasteiger partial charge in [0.15, 0.2) is 5.96 Å². The molecule has 0 aromatic heterocycles. The van der Waals surface area contributed by atoms with E-state index < -0.39 is 12.0 Å². The van der Waals surface area contributed by atoms with E-state index in [9.17, 15) is 14.7 Å². The number of carbonyl (C=O) groups excluding carboxylic acids is 2. The summed E-state index contributed by atoms with van der Waals surface area (Å²) in [7, 11) is 0. The molecule has 0 unspecified atom stereocenters. The van der Waals surface area contributed by atoms with E-state index in [1.807, 2.05) is 84.9 Å². The fraction of sp³-hybridized carbons (Fsp3) is 0.300. The van der Waals surface area contributed by atoms with Crippen LogP contribution in [0.2, 0.25) is 0 Å². The van der Waals surface area contributed by atoms with Crippen LogP contribution in [0.4, 0.5) is 0 Å². The van der Waals surface area contributed by atoms with Crippen molar-refractivity contribution in [2.45, 2.75) is 43.2 Å². The first-order chi connectivity index (χ1) is 18.5. The number of aliphatic imine (C=N–C) groups is 1. The number of amides is 2. The molecule has 0 spiro atoms. The molecule has 38 heavy (non-hydrogen) atoms. The molecule has 0 fully saturated rings. The zero-order chi connectivity index (χ0) is 26.9. The summed E-state index contributed by atoms with van der Waals surface area (Å²) in [5.74, 6) is -1.16. The Morgan fingerprint density at radius 2 is 1.45 bits per heavy atom. The molecule has 8 heteroatoms. The normalized spacial score (nSPS) is 16.9. The molecule has 4 rings (SSSR count). The molecule has 0 heterocycles. The topological polar surface area (TPSA) is 143 Å². The lowest BCUT2D eigenvalue weighted by Crippen LogP contribution is -2.49. The van der Waals surface area contributed by atoms with Crippen molar-refractivity contribution in [3.05, 3.63) is 107 Å². The van der Waals surface area contributed by atoms with E-state index in [1.165, 1.54) is 0 Å². The molecule has 1 aliphatic rings. The summed E-state index contributed by atoms with van der Waals surface area (Å²) in [6.07, 6.45) is 1.48. The number of guanidine groups is 1. The van der Waals surface area contributed by atoms with Crippen molar-refractivity contribution >= 4 is 17.8 Å². The Balaban J connectivity index is 1.55. The number of fused-ring (bicyclic) bond motifs is 1. The summed E-state index contributed by atoms with van der Waals surface area (Å²) in [6.45, 7) is 0.361. The fourth-order valence-corrected chi connectivity index (χ4v) is 5.13. The Bertz CT molecular complexity index is 1210. The molecule has 3 atom stereocenters. The van der Waals surface area contributed by atoms with E-state index >= 15 is 0 Å². The Kier molecular flexibility index (Phi) is 9.11. The maximum absolute atomic E-state index is 13.7. The molecule has 0 saturated carbocycles. The first-order valence-electron chi connectivity index (χ1n) is 12.9. The van der Waals surface area contributed by atoms with Crippen LogP contribution >= 0.6 is 0 Å². The minimum absolute atomic E-state index is 0.0118. The monoisotopic (exact) mass is 513 g/mol. The number of carbonyl (C=O) groups is 2. The minimum atomic E-state index is -0.785. The summed E-state index contributed by atoms with van der Waals surface area (Å²) in [5, 5.41) is 16.0. The minimum Gasteiger partial charge on any atom is -0.396 e. The number of nitrogens with zero attached hydrogens (tertiary/aromatic N) is 1. The van der Waals surface area contributed by atoms with E-state index in [0.29, 0.717) is 25.8 Å². The number of benzene rings is 3. The Morgan fingerprint density at radius 1 is 0.868 bits per heavy atom. The summed E-state index contributed by atoms with van der Waals surface area (Å²) >= 11 is 0. The van der Waals surface area contributed by atoms with Crippen LogP contribution in [0.25, 0.3) is 0 Å². The molecule has 7 N–H and O–H groups in total. The number of nitrogens with two attached hydrogens (primary N) is 2. The fourth-order valence-electron chi connectivity index (χ4n) is 5.13. The van der Waals surface area contributed by atoms with Gasteiger partial charge in [0.1, 0.15) is 6.04 Å². The van der Waals surface area contributed by atoms with Crippen LogP contribution in [-0.2, 0) is 9.59 Å². The molecule has 8 nitrogen and oxygen atoms in total. The van der Waals surface area contributed by atoms with Crippen LogP contribution in [0.1, 0.15) is 59.4 Å². The van der Waals surface area contributed by atoms with Crippen molar-refractivity contribution in [1.29, 1.82) is 0 Å². The first kappa shape index (κ1) is 26.9. The number of aliphatic hydroxyl groups is 1. The smallest absolute Gasteiger partial charge is 0.243 e. The predicted octanol–water partition coefficient (Wildman–Crippen LogP) is 2.69. The van der Waals surface area contributed by atoms with Gasteiger partial charge in [-0.2, -0.15) is 0 Å². The van der Waals surface area contributed by atoms with Gasteiger partial charge in [0.05, 0.1) is 18.6 Å². The Labute approximate surface area is 223 Å². The highest BCUT2D eigenvalue weighted by molar-refractivity contribution is 5.92. The molecule has 0 bridgehead atoms. The second kappa shape index (κ2) is 12.9. The molecule has 3 aromatic rings. The predicted molar refractivity (Wildman–Crippen MR) is 148 cm³/mol. The highest BCUT2D eigenvalue weighted by atomic mass is 16.3. The van der Waals surface area contributed by atoms with Gasteiger partial charge in [-0.15, -0.1) is 0 Å². The van der Waals surface area contributed by atoms with E-state index in [4.69, 9.17) is 11.5 Å². The third-order valence-corrected chi connectivity index (χ3v) is 6.97. The molecule has 2 amide bonds. The molecule has 0 aliphatic heterocycles. The van der Waals surface area contributed by atoms with Gasteiger partial charge in [0.25, 0.3) is 0 Å². The van der Waals surface area contributed by atoms with Crippen molar-refractivity contribution in [3.63, 3.8) is 0 Å². The van der Waals surface area contributed by atoms with Crippen molar-refractivity contribution in [2.24, 2.45) is 16.5 Å². The van der Waals surface area contributed by atoms with Gasteiger partial charge in [0.2, 0.25) is 11.8 Å². The SMILES string of the molecule is NC(N)=NCCC[C@@H](NC(=O)C(c1ccccc1)c1ccccc1)C(=O)N[C@@H]1C[C@H](CO)c2ccccc21. The summed E-state index contributed by atoms with van der Waals surface area (Å²) in [5.41, 5.74) is 14.6. The quantitative estimate of drug-likeness (QED) is 0.152. The van der Waals surface area contributed by atoms with Crippen molar-refractivity contribution in [3.8, 4) is 0 Å². The van der Waals surface area contributed by atoms with Gasteiger partial charge in [-0.1, -0.05) is 84.9 Å². The average Bonchev–Trinajstić information content (AvgIpc) is 3.29. The Hall–Kier alpha value is -4.17. The third kappa shape index (κ3) is 6.58. The lowest BCUT2D eigenvalue weighted by atomic mass is 9.90. The Morgan fingerprint density at radius 3 is 2.03 bits per heavy atom. The second-order valence-electron chi connectivity index (χ2n) is 9.57. The number of hydrogen-bond acceptors (Lipinski definition) is 4. The second-order valence-corrected chi connectivity index (χ2v) is 9.57. The van der Waals surface area contributed by atoms with Gasteiger partial charge in [-0.25, -0.2) is 0 Å². The van der Waals surface area contributed by atoms with Crippen LogP contribution < -0.4 is 22.1 Å². The standard InChI is InChI=1S/C30H35N5O3/c31-30(32)33-17-9-16-25(28(37)35-26-18-22(19-36)23-14-7-8-15-24(23)26)34-29(38)27(20-10-3-1-4-11-20)21-12-5-2-6-13-21/h1-8,10-15,22,25-27,36H,9,16-19H2,(H,34,38)(H,35,37)(H4,31,32,33)/t22-,25-,26-/m1/s1. The van der Waals surface area contributed by atoms with Crippen molar-refractivity contribution in [1.82, 2.24) is 10.6 Å². The summed E-state index contributed by atoms with van der Waals surface area (Å²) < 4.78 is 0. The van der Waals surface area contributed by atoms with Crippen LogP contribution in [0.3, 0.4) is 0 Å². The molecular weight excluding hydrogens is 478 g/mol. The molecule has 0 radical (unpaired) electrons. The van der Waals surface area contributed by atoms with Gasteiger partial charge < -0.3 is 27.2 Å². The van der Waals surface area contributed by atoms with Crippen molar-refractivity contribution < 1.29 is 14.7 Å². The molecule has 198 valence electrons. The van der Waals surface area contributed by atoms with Gasteiger partial charge in [0, 0.05) is 12.5 Å². The zero-order valence-electron chi connectivity index (χ0n) is 21.3. The maximum Gasteiger partial charge on any atom is 0.243 e. The third-order valence-electron chi connectivity index (χ3n) is 6.97. The summed E-state index contributed by atoms with van der Waals surface area (Å²) in [6, 6.07) is 25.8. The van der Waals surface area contributed by atoms with Crippen molar-refractivity contribution in [2.75, 3.05) is 13.2 Å². The number of aliphatic hydroxyl groups excluding tert-OH is 1. The van der Waals surface area contributed by atoms with Gasteiger partial charge in [-0.05, 0) is 41.5 Å². The van der Waals surface area contributed by atoms with Crippen LogP contribution in [0, 0.1) is 0 Å². The van der Waals surface area contributed by atoms with Crippen LogP contribution in [-0.4, -0.2) is 42.1 Å². The maximum atomic E-state index is 13.7. The lowest BCUT2D eigenvalue weighted by molar-refractivity contribution is -0.130. The molecular formula is C30H35N5O3. The average molecular weight is 514 g/mol. The molecule has 1 aliphatic carbocycles. The lowest BCUT2D eigenvalue weighted by Gasteiger charge is -2.25. The zero-order valence-corrected chi connectivity index (χ0v) is 21.3. The molecule has 0 saturated heterocycles. The summed E-state index contributed by atoms with van der Waals surface area (Å²) in [4.78, 5) is 31.4. The van der Waals surface area contributed by atoms with E-state index in [1.54, 1.807) is 0 Å². The number of hydrogen-bond donors (Lipinski definition) is 5. The van der Waals surface area contributed by atoms with Gasteiger partial charge in [-0.3, -0.25) is 14.6 Å². The number of rotatable bonds is 11. The van der Waals surface area contributed by atoms with E-state index in [2.05, 4.69) is 15.6 Å². The first-order valence-corrected chi connectivity index (χ1v) is 12.9. The van der Waals surface area contributed by atoms with Crippen LogP contribution in [0.5, 0.6) is 0 Å². The highest BCUT2D eigenvalue weighted by Gasteiger charge is 2.34. The van der Waals surface area contributed by atoms with E-state index in [0.717, 1.165) is 22.3 Å². The molecule has 3 aromatic carbocycles. The van der Waals surface area contributed by atoms with Gasteiger partial charge >= 0.3 is 0 Å². The largest absolute Gasteiger partial charge is 0.396 e.